The van der Waals surface area contributed by atoms with E-state index in [-0.39, 0.29) is 0 Å². The average Bonchev–Trinajstić information content (AvgIpc) is 3.22. The van der Waals surface area contributed by atoms with E-state index in [1.165, 1.54) is 31.2 Å². The molecule has 0 saturated heterocycles. The maximum absolute atomic E-state index is 4.38. The molecule has 0 bridgehead atoms. The summed E-state index contributed by atoms with van der Waals surface area (Å²) >= 11 is 0. The van der Waals surface area contributed by atoms with Gasteiger partial charge < -0.3 is 10.6 Å². The van der Waals surface area contributed by atoms with Crippen LogP contribution in [-0.2, 0) is 6.54 Å². The summed E-state index contributed by atoms with van der Waals surface area (Å²) in [6.45, 7) is 6.49. The molecule has 0 radical (unpaired) electrons. The van der Waals surface area contributed by atoms with Crippen molar-refractivity contribution in [3.8, 4) is 0 Å². The van der Waals surface area contributed by atoms with E-state index in [0.29, 0.717) is 0 Å². The van der Waals surface area contributed by atoms with Crippen LogP contribution in [0.4, 0.5) is 5.82 Å². The van der Waals surface area contributed by atoms with Gasteiger partial charge in [-0.25, -0.2) is 4.98 Å². The van der Waals surface area contributed by atoms with Gasteiger partial charge in [0, 0.05) is 25.3 Å². The predicted molar refractivity (Wildman–Crippen MR) is 76.7 cm³/mol. The molecule has 3 nitrogen and oxygen atoms in total. The van der Waals surface area contributed by atoms with Crippen molar-refractivity contribution in [2.75, 3.05) is 11.9 Å². The summed E-state index contributed by atoms with van der Waals surface area (Å²) in [5.74, 6) is 1.76. The second kappa shape index (κ2) is 6.74. The Morgan fingerprint density at radius 1 is 1.33 bits per heavy atom. The molecule has 2 rings (SSSR count). The third-order valence-corrected chi connectivity index (χ3v) is 3.72. The fourth-order valence-corrected chi connectivity index (χ4v) is 2.06. The lowest BCUT2D eigenvalue weighted by Gasteiger charge is -2.14. The molecule has 1 saturated carbocycles. The van der Waals surface area contributed by atoms with Crippen LogP contribution in [0.2, 0.25) is 0 Å². The van der Waals surface area contributed by atoms with Gasteiger partial charge in [0.1, 0.15) is 5.82 Å². The molecule has 0 unspecified atom stereocenters. The van der Waals surface area contributed by atoms with Gasteiger partial charge in [0.05, 0.1) is 0 Å². The number of anilines is 1. The van der Waals surface area contributed by atoms with E-state index in [1.807, 2.05) is 6.20 Å². The lowest BCUT2D eigenvalue weighted by Crippen LogP contribution is -2.16. The number of hydrogen-bond donors (Lipinski definition) is 2. The molecule has 1 heterocycles. The van der Waals surface area contributed by atoms with E-state index in [2.05, 4.69) is 41.6 Å². The zero-order chi connectivity index (χ0) is 12.8. The number of nitrogens with zero attached hydrogens (tertiary/aromatic N) is 1. The molecule has 2 N–H and O–H groups in total. The van der Waals surface area contributed by atoms with Crippen molar-refractivity contribution in [3.63, 3.8) is 0 Å². The topological polar surface area (TPSA) is 37.0 Å². The highest BCUT2D eigenvalue weighted by Gasteiger charge is 2.19. The zero-order valence-electron chi connectivity index (χ0n) is 11.6. The fraction of sp³-hybridized carbons (Fsp3) is 0.667. The molecular weight excluding hydrogens is 222 g/mol. The van der Waals surface area contributed by atoms with Gasteiger partial charge >= 0.3 is 0 Å². The number of nitrogens with one attached hydrogen (secondary N) is 2. The SMILES string of the molecule is CCC(CC)CNc1cc(CNC2CC2)ccn1. The van der Waals surface area contributed by atoms with Crippen molar-refractivity contribution in [3.05, 3.63) is 23.9 Å². The van der Waals surface area contributed by atoms with Gasteiger partial charge in [-0.1, -0.05) is 26.7 Å². The lowest BCUT2D eigenvalue weighted by molar-refractivity contribution is 0.518. The lowest BCUT2D eigenvalue weighted by atomic mass is 10.0. The van der Waals surface area contributed by atoms with Crippen molar-refractivity contribution >= 4 is 5.82 Å². The van der Waals surface area contributed by atoms with Crippen LogP contribution in [0.1, 0.15) is 45.1 Å². The molecule has 1 aliphatic rings. The highest BCUT2D eigenvalue weighted by molar-refractivity contribution is 5.37. The van der Waals surface area contributed by atoms with Gasteiger partial charge in [-0.2, -0.15) is 0 Å². The summed E-state index contributed by atoms with van der Waals surface area (Å²) in [5.41, 5.74) is 1.32. The summed E-state index contributed by atoms with van der Waals surface area (Å²) in [5, 5.41) is 6.98. The maximum Gasteiger partial charge on any atom is 0.126 e. The average molecular weight is 247 g/mol. The van der Waals surface area contributed by atoms with Crippen LogP contribution in [0, 0.1) is 5.92 Å². The molecule has 0 spiro atoms. The van der Waals surface area contributed by atoms with Crippen molar-refractivity contribution in [2.24, 2.45) is 5.92 Å². The highest BCUT2D eigenvalue weighted by atomic mass is 15.0. The monoisotopic (exact) mass is 247 g/mol. The van der Waals surface area contributed by atoms with Crippen LogP contribution in [0.15, 0.2) is 18.3 Å². The molecule has 0 amide bonds. The van der Waals surface area contributed by atoms with E-state index < -0.39 is 0 Å². The van der Waals surface area contributed by atoms with Gasteiger partial charge in [0.15, 0.2) is 0 Å². The van der Waals surface area contributed by atoms with E-state index in [4.69, 9.17) is 0 Å². The molecule has 1 fully saturated rings. The van der Waals surface area contributed by atoms with Crippen molar-refractivity contribution in [1.82, 2.24) is 10.3 Å². The summed E-state index contributed by atoms with van der Waals surface area (Å²) in [6, 6.07) is 5.02. The number of pyridine rings is 1. The van der Waals surface area contributed by atoms with Crippen LogP contribution in [0.5, 0.6) is 0 Å². The van der Waals surface area contributed by atoms with Crippen LogP contribution in [-0.4, -0.2) is 17.6 Å². The molecule has 0 aromatic carbocycles. The summed E-state index contributed by atoms with van der Waals surface area (Å²) in [6.07, 6.45) is 7.04. The summed E-state index contributed by atoms with van der Waals surface area (Å²) in [4.78, 5) is 4.38. The third kappa shape index (κ3) is 4.30. The van der Waals surface area contributed by atoms with Gasteiger partial charge in [-0.15, -0.1) is 0 Å². The summed E-state index contributed by atoms with van der Waals surface area (Å²) < 4.78 is 0. The first-order valence-electron chi connectivity index (χ1n) is 7.24. The first-order chi connectivity index (χ1) is 8.81. The standard InChI is InChI=1S/C15H25N3/c1-3-12(4-2)10-18-15-9-13(7-8-16-15)11-17-14-5-6-14/h7-9,12,14,17H,3-6,10-11H2,1-2H3,(H,16,18). The van der Waals surface area contributed by atoms with Crippen molar-refractivity contribution in [2.45, 2.75) is 52.1 Å². The first-order valence-corrected chi connectivity index (χ1v) is 7.24. The Morgan fingerprint density at radius 2 is 2.11 bits per heavy atom. The van der Waals surface area contributed by atoms with Crippen molar-refractivity contribution in [1.29, 1.82) is 0 Å². The van der Waals surface area contributed by atoms with Gasteiger partial charge in [0.25, 0.3) is 0 Å². The van der Waals surface area contributed by atoms with E-state index in [9.17, 15) is 0 Å². The van der Waals surface area contributed by atoms with Gasteiger partial charge in [-0.3, -0.25) is 0 Å². The van der Waals surface area contributed by atoms with Crippen LogP contribution >= 0.6 is 0 Å². The highest BCUT2D eigenvalue weighted by Crippen LogP contribution is 2.19. The fourth-order valence-electron chi connectivity index (χ4n) is 2.06. The normalized spacial score (nSPS) is 15.1. The van der Waals surface area contributed by atoms with E-state index in [0.717, 1.165) is 30.9 Å². The molecule has 18 heavy (non-hydrogen) atoms. The quantitative estimate of drug-likeness (QED) is 0.741. The Morgan fingerprint density at radius 3 is 2.78 bits per heavy atom. The van der Waals surface area contributed by atoms with Gasteiger partial charge in [-0.05, 0) is 36.5 Å². The van der Waals surface area contributed by atoms with E-state index >= 15 is 0 Å². The van der Waals surface area contributed by atoms with Crippen LogP contribution < -0.4 is 10.6 Å². The molecule has 1 aromatic heterocycles. The predicted octanol–water partition coefficient (Wildman–Crippen LogP) is 3.18. The largest absolute Gasteiger partial charge is 0.370 e. The molecule has 0 aliphatic heterocycles. The smallest absolute Gasteiger partial charge is 0.126 e. The Bertz CT molecular complexity index is 357. The van der Waals surface area contributed by atoms with Crippen LogP contribution in [0.25, 0.3) is 0 Å². The number of aromatic nitrogens is 1. The Balaban J connectivity index is 1.81. The zero-order valence-corrected chi connectivity index (χ0v) is 11.6. The Labute approximate surface area is 110 Å². The minimum atomic E-state index is 0.750. The minimum Gasteiger partial charge on any atom is -0.370 e. The molecule has 0 atom stereocenters. The molecular formula is C15H25N3. The third-order valence-electron chi connectivity index (χ3n) is 3.72. The Hall–Kier alpha value is -1.09. The molecule has 1 aliphatic carbocycles. The van der Waals surface area contributed by atoms with Crippen molar-refractivity contribution < 1.29 is 0 Å². The second-order valence-corrected chi connectivity index (χ2v) is 5.27. The first kappa shape index (κ1) is 13.3. The number of rotatable bonds is 8. The molecule has 1 aromatic rings. The molecule has 3 heteroatoms. The van der Waals surface area contributed by atoms with E-state index in [1.54, 1.807) is 0 Å². The minimum absolute atomic E-state index is 0.750. The van der Waals surface area contributed by atoms with Crippen LogP contribution in [0.3, 0.4) is 0 Å². The summed E-state index contributed by atoms with van der Waals surface area (Å²) in [7, 11) is 0. The van der Waals surface area contributed by atoms with Gasteiger partial charge in [0.2, 0.25) is 0 Å². The second-order valence-electron chi connectivity index (χ2n) is 5.27. The number of hydrogen-bond acceptors (Lipinski definition) is 3. The Kier molecular flexibility index (Phi) is 5.00. The maximum atomic E-state index is 4.38. The molecule has 100 valence electrons.